The molecule has 0 radical (unpaired) electrons. The van der Waals surface area contributed by atoms with E-state index in [9.17, 15) is 0 Å². The smallest absolute Gasteiger partial charge is 0.0855 e. The Hall–Kier alpha value is -0.120. The topological polar surface area (TPSA) is 38.5 Å². The summed E-state index contributed by atoms with van der Waals surface area (Å²) < 4.78 is 5.70. The fourth-order valence-corrected chi connectivity index (χ4v) is 2.17. The Morgan fingerprint density at radius 1 is 1.46 bits per heavy atom. The van der Waals surface area contributed by atoms with Crippen molar-refractivity contribution in [3.8, 4) is 0 Å². The van der Waals surface area contributed by atoms with Crippen LogP contribution in [0.3, 0.4) is 0 Å². The van der Waals surface area contributed by atoms with Crippen LogP contribution < -0.4 is 5.73 Å². The summed E-state index contributed by atoms with van der Waals surface area (Å²) in [5.74, 6) is 0.733. The number of hydrogen-bond donors (Lipinski definition) is 1. The lowest BCUT2D eigenvalue weighted by molar-refractivity contribution is -0.0482. The molecule has 1 aliphatic heterocycles. The van der Waals surface area contributed by atoms with E-state index in [-0.39, 0.29) is 12.1 Å². The van der Waals surface area contributed by atoms with E-state index in [4.69, 9.17) is 10.5 Å². The molecule has 0 aromatic carbocycles. The monoisotopic (exact) mass is 184 g/mol. The van der Waals surface area contributed by atoms with Gasteiger partial charge in [0, 0.05) is 19.1 Å². The molecule has 3 heteroatoms. The van der Waals surface area contributed by atoms with Gasteiger partial charge in [0.2, 0.25) is 0 Å². The molecule has 3 nitrogen and oxygen atoms in total. The van der Waals surface area contributed by atoms with Crippen LogP contribution >= 0.6 is 0 Å². The number of likely N-dealkylation sites (N-methyl/N-ethyl adjacent to an activating group) is 1. The minimum Gasteiger partial charge on any atom is -0.374 e. The molecule has 2 aliphatic rings. The molecule has 0 aromatic rings. The van der Waals surface area contributed by atoms with Crippen molar-refractivity contribution >= 4 is 0 Å². The van der Waals surface area contributed by atoms with Crippen LogP contribution in [0.5, 0.6) is 0 Å². The van der Waals surface area contributed by atoms with Crippen LogP contribution in [-0.4, -0.2) is 43.8 Å². The van der Waals surface area contributed by atoms with Gasteiger partial charge in [-0.15, -0.1) is 0 Å². The van der Waals surface area contributed by atoms with Gasteiger partial charge >= 0.3 is 0 Å². The van der Waals surface area contributed by atoms with Gasteiger partial charge in [-0.1, -0.05) is 6.42 Å². The highest BCUT2D eigenvalue weighted by Crippen LogP contribution is 2.31. The molecule has 0 amide bonds. The number of ether oxygens (including phenoxy) is 1. The molecule has 2 rings (SSSR count). The van der Waals surface area contributed by atoms with Crippen LogP contribution in [0.15, 0.2) is 0 Å². The maximum absolute atomic E-state index is 6.16. The zero-order chi connectivity index (χ0) is 9.26. The van der Waals surface area contributed by atoms with Crippen LogP contribution in [0.1, 0.15) is 19.3 Å². The summed E-state index contributed by atoms with van der Waals surface area (Å²) in [6.45, 7) is 2.91. The van der Waals surface area contributed by atoms with Crippen LogP contribution in [0.25, 0.3) is 0 Å². The molecule has 2 N–H and O–H groups in total. The first-order chi connectivity index (χ1) is 6.27. The number of morpholine rings is 1. The van der Waals surface area contributed by atoms with Crippen LogP contribution in [0.4, 0.5) is 0 Å². The number of rotatable bonds is 2. The van der Waals surface area contributed by atoms with E-state index in [0.717, 1.165) is 25.6 Å². The van der Waals surface area contributed by atoms with Gasteiger partial charge in [-0.25, -0.2) is 0 Å². The van der Waals surface area contributed by atoms with E-state index in [0.29, 0.717) is 0 Å². The first kappa shape index (κ1) is 9.44. The van der Waals surface area contributed by atoms with Crippen LogP contribution in [0.2, 0.25) is 0 Å². The minimum absolute atomic E-state index is 0.275. The lowest BCUT2D eigenvalue weighted by Gasteiger charge is -2.40. The fraction of sp³-hybridized carbons (Fsp3) is 1.00. The van der Waals surface area contributed by atoms with Crippen molar-refractivity contribution in [3.05, 3.63) is 0 Å². The molecule has 1 aliphatic carbocycles. The standard InChI is InChI=1S/C10H20N2O/c1-12-5-6-13-9(7-12)10(11)8-3-2-4-8/h8-10H,2-7,11H2,1H3. The summed E-state index contributed by atoms with van der Waals surface area (Å²) in [6.07, 6.45) is 4.26. The van der Waals surface area contributed by atoms with E-state index in [1.807, 2.05) is 0 Å². The molecule has 76 valence electrons. The first-order valence-electron chi connectivity index (χ1n) is 5.33. The van der Waals surface area contributed by atoms with Crippen molar-refractivity contribution in [1.82, 2.24) is 4.90 Å². The summed E-state index contributed by atoms with van der Waals surface area (Å²) >= 11 is 0. The third kappa shape index (κ3) is 2.03. The van der Waals surface area contributed by atoms with Crippen molar-refractivity contribution < 1.29 is 4.74 Å². The molecular formula is C10H20N2O. The zero-order valence-corrected chi connectivity index (χ0v) is 8.41. The van der Waals surface area contributed by atoms with Gasteiger partial charge in [0.05, 0.1) is 12.7 Å². The predicted molar refractivity (Wildman–Crippen MR) is 52.6 cm³/mol. The molecule has 1 saturated carbocycles. The first-order valence-corrected chi connectivity index (χ1v) is 5.33. The molecule has 2 fully saturated rings. The van der Waals surface area contributed by atoms with Crippen LogP contribution in [-0.2, 0) is 4.74 Å². The Labute approximate surface area is 80.2 Å². The van der Waals surface area contributed by atoms with Gasteiger partial charge < -0.3 is 15.4 Å². The molecule has 0 bridgehead atoms. The van der Waals surface area contributed by atoms with Gasteiger partial charge in [0.15, 0.2) is 0 Å². The Morgan fingerprint density at radius 2 is 2.23 bits per heavy atom. The molecular weight excluding hydrogens is 164 g/mol. The normalized spacial score (nSPS) is 34.2. The van der Waals surface area contributed by atoms with Crippen molar-refractivity contribution in [1.29, 1.82) is 0 Å². The molecule has 0 aromatic heterocycles. The van der Waals surface area contributed by atoms with Gasteiger partial charge in [-0.3, -0.25) is 0 Å². The zero-order valence-electron chi connectivity index (χ0n) is 8.41. The Balaban J connectivity index is 1.83. The minimum atomic E-state index is 0.275. The summed E-state index contributed by atoms with van der Waals surface area (Å²) in [7, 11) is 2.14. The third-order valence-electron chi connectivity index (χ3n) is 3.42. The van der Waals surface area contributed by atoms with Gasteiger partial charge in [0.25, 0.3) is 0 Å². The molecule has 1 saturated heterocycles. The predicted octanol–water partition coefficient (Wildman–Crippen LogP) is 0.444. The molecule has 1 heterocycles. The van der Waals surface area contributed by atoms with Crippen molar-refractivity contribution in [2.75, 3.05) is 26.7 Å². The second-order valence-electron chi connectivity index (χ2n) is 4.44. The lowest BCUT2D eigenvalue weighted by Crippen LogP contribution is -2.53. The quantitative estimate of drug-likeness (QED) is 0.677. The summed E-state index contributed by atoms with van der Waals surface area (Å²) in [4.78, 5) is 2.31. The molecule has 2 unspecified atom stereocenters. The van der Waals surface area contributed by atoms with Crippen LogP contribution in [0, 0.1) is 5.92 Å². The largest absolute Gasteiger partial charge is 0.374 e. The van der Waals surface area contributed by atoms with Crippen molar-refractivity contribution in [2.45, 2.75) is 31.4 Å². The molecule has 2 atom stereocenters. The molecule has 0 spiro atoms. The highest BCUT2D eigenvalue weighted by atomic mass is 16.5. The Kier molecular flexibility index (Phi) is 2.86. The molecule has 13 heavy (non-hydrogen) atoms. The van der Waals surface area contributed by atoms with E-state index < -0.39 is 0 Å². The third-order valence-corrected chi connectivity index (χ3v) is 3.42. The summed E-state index contributed by atoms with van der Waals surface area (Å²) in [6, 6.07) is 0.275. The Morgan fingerprint density at radius 3 is 2.77 bits per heavy atom. The van der Waals surface area contributed by atoms with Crippen molar-refractivity contribution in [2.24, 2.45) is 11.7 Å². The number of nitrogens with zero attached hydrogens (tertiary/aromatic N) is 1. The lowest BCUT2D eigenvalue weighted by atomic mass is 9.78. The summed E-state index contributed by atoms with van der Waals surface area (Å²) in [5, 5.41) is 0. The van der Waals surface area contributed by atoms with E-state index in [1.165, 1.54) is 19.3 Å². The van der Waals surface area contributed by atoms with Gasteiger partial charge in [-0.05, 0) is 25.8 Å². The van der Waals surface area contributed by atoms with Gasteiger partial charge in [0.1, 0.15) is 0 Å². The van der Waals surface area contributed by atoms with E-state index in [2.05, 4.69) is 11.9 Å². The maximum atomic E-state index is 6.16. The SMILES string of the molecule is CN1CCOC(C(N)C2CCC2)C1. The second-order valence-corrected chi connectivity index (χ2v) is 4.44. The Bertz CT molecular complexity index is 170. The summed E-state index contributed by atoms with van der Waals surface area (Å²) in [5.41, 5.74) is 6.16. The fourth-order valence-electron chi connectivity index (χ4n) is 2.17. The highest BCUT2D eigenvalue weighted by Gasteiger charge is 2.32. The number of nitrogens with two attached hydrogens (primary N) is 1. The van der Waals surface area contributed by atoms with E-state index >= 15 is 0 Å². The van der Waals surface area contributed by atoms with Crippen molar-refractivity contribution in [3.63, 3.8) is 0 Å². The average molecular weight is 184 g/mol. The second kappa shape index (κ2) is 3.95. The van der Waals surface area contributed by atoms with Gasteiger partial charge in [-0.2, -0.15) is 0 Å². The van der Waals surface area contributed by atoms with E-state index in [1.54, 1.807) is 0 Å². The average Bonchev–Trinajstić information content (AvgIpc) is 2.01. The number of hydrogen-bond acceptors (Lipinski definition) is 3. The maximum Gasteiger partial charge on any atom is 0.0855 e. The highest BCUT2D eigenvalue weighted by molar-refractivity contribution is 4.88.